The fourth-order valence-electron chi connectivity index (χ4n) is 4.15. The second-order valence-electron chi connectivity index (χ2n) is 6.93. The average Bonchev–Trinajstić information content (AvgIpc) is 2.41. The Kier molecular flexibility index (Phi) is 7.22. The van der Waals surface area contributed by atoms with Gasteiger partial charge in [0.1, 0.15) is 0 Å². The van der Waals surface area contributed by atoms with E-state index in [-0.39, 0.29) is 45.0 Å². The van der Waals surface area contributed by atoms with Gasteiger partial charge in [-0.15, -0.1) is 0 Å². The molecular weight excluding hydrogens is 354 g/mol. The van der Waals surface area contributed by atoms with Crippen LogP contribution in [0, 0.1) is 30.6 Å². The summed E-state index contributed by atoms with van der Waals surface area (Å²) in [6, 6.07) is 0. The molecular formula is C16H26F3OY-. The van der Waals surface area contributed by atoms with Crippen molar-refractivity contribution in [1.82, 2.24) is 0 Å². The minimum Gasteiger partial charge on any atom is -0.380 e. The molecule has 1 radical (unpaired) electrons. The van der Waals surface area contributed by atoms with Crippen LogP contribution < -0.4 is 0 Å². The summed E-state index contributed by atoms with van der Waals surface area (Å²) in [7, 11) is 0. The van der Waals surface area contributed by atoms with Crippen molar-refractivity contribution in [2.45, 2.75) is 70.1 Å². The molecule has 121 valence electrons. The van der Waals surface area contributed by atoms with E-state index >= 15 is 0 Å². The minimum absolute atomic E-state index is 0. The molecule has 0 bridgehead atoms. The molecule has 21 heavy (non-hydrogen) atoms. The largest absolute Gasteiger partial charge is 0.417 e. The molecule has 1 N–H and O–H groups in total. The van der Waals surface area contributed by atoms with Gasteiger partial charge in [-0.05, 0) is 37.0 Å². The summed E-state index contributed by atoms with van der Waals surface area (Å²) in [6.07, 6.45) is 1.83. The molecule has 0 amide bonds. The van der Waals surface area contributed by atoms with Gasteiger partial charge in [-0.1, -0.05) is 38.5 Å². The van der Waals surface area contributed by atoms with E-state index in [4.69, 9.17) is 0 Å². The van der Waals surface area contributed by atoms with Gasteiger partial charge in [0.25, 0.3) is 0 Å². The van der Waals surface area contributed by atoms with Gasteiger partial charge in [0.15, 0.2) is 5.60 Å². The zero-order valence-electron chi connectivity index (χ0n) is 12.8. The van der Waals surface area contributed by atoms with Crippen LogP contribution in [0.2, 0.25) is 0 Å². The van der Waals surface area contributed by atoms with Crippen LogP contribution in [0.4, 0.5) is 13.2 Å². The van der Waals surface area contributed by atoms with Crippen LogP contribution >= 0.6 is 0 Å². The first-order chi connectivity index (χ1) is 9.28. The Morgan fingerprint density at radius 2 is 1.57 bits per heavy atom. The van der Waals surface area contributed by atoms with E-state index in [0.29, 0.717) is 18.3 Å². The molecule has 1 nitrogen and oxygen atoms in total. The maximum Gasteiger partial charge on any atom is 0.417 e. The molecule has 2 rings (SSSR count). The van der Waals surface area contributed by atoms with Crippen molar-refractivity contribution in [2.75, 3.05) is 0 Å². The van der Waals surface area contributed by atoms with Crippen LogP contribution in [0.1, 0.15) is 58.3 Å². The van der Waals surface area contributed by atoms with Crippen LogP contribution in [-0.4, -0.2) is 16.9 Å². The van der Waals surface area contributed by atoms with Crippen LogP contribution in [0.3, 0.4) is 0 Å². The van der Waals surface area contributed by atoms with E-state index < -0.39 is 17.7 Å². The monoisotopic (exact) mass is 380 g/mol. The molecule has 0 aromatic carbocycles. The van der Waals surface area contributed by atoms with Crippen molar-refractivity contribution in [1.29, 1.82) is 0 Å². The molecule has 0 saturated heterocycles. The molecule has 0 spiro atoms. The maximum absolute atomic E-state index is 13.2. The van der Waals surface area contributed by atoms with Gasteiger partial charge in [0.05, 0.1) is 0 Å². The van der Waals surface area contributed by atoms with Crippen LogP contribution in [0.5, 0.6) is 0 Å². The summed E-state index contributed by atoms with van der Waals surface area (Å²) in [5.41, 5.74) is -2.47. The summed E-state index contributed by atoms with van der Waals surface area (Å²) >= 11 is 0. The second-order valence-corrected chi connectivity index (χ2v) is 6.93. The Hall–Kier alpha value is 0.854. The Morgan fingerprint density at radius 3 is 2.05 bits per heavy atom. The Morgan fingerprint density at radius 1 is 1.05 bits per heavy atom. The summed E-state index contributed by atoms with van der Waals surface area (Å²) < 4.78 is 39.5. The van der Waals surface area contributed by atoms with Gasteiger partial charge >= 0.3 is 6.18 Å². The van der Waals surface area contributed by atoms with Crippen molar-refractivity contribution in [3.8, 4) is 0 Å². The molecule has 0 heterocycles. The van der Waals surface area contributed by atoms with Gasteiger partial charge < -0.3 is 12.0 Å². The summed E-state index contributed by atoms with van der Waals surface area (Å²) in [6.45, 7) is 5.45. The third kappa shape index (κ3) is 4.23. The second kappa shape index (κ2) is 7.62. The molecule has 2 saturated carbocycles. The van der Waals surface area contributed by atoms with Gasteiger partial charge in [-0.2, -0.15) is 19.6 Å². The number of rotatable bonds is 2. The average molecular weight is 380 g/mol. The van der Waals surface area contributed by atoms with Crippen molar-refractivity contribution in [3.05, 3.63) is 6.92 Å². The number of halogens is 3. The number of hydrogen-bond acceptors (Lipinski definition) is 1. The topological polar surface area (TPSA) is 20.2 Å². The first-order valence-corrected chi connectivity index (χ1v) is 7.86. The van der Waals surface area contributed by atoms with Gasteiger partial charge in [0, 0.05) is 32.7 Å². The Bertz CT molecular complexity index is 326. The van der Waals surface area contributed by atoms with Crippen molar-refractivity contribution >= 4 is 0 Å². The Balaban J connectivity index is 0.00000220. The van der Waals surface area contributed by atoms with E-state index in [9.17, 15) is 18.3 Å². The zero-order valence-corrected chi connectivity index (χ0v) is 15.7. The molecule has 0 aromatic heterocycles. The molecule has 1 unspecified atom stereocenters. The standard InChI is InChI=1S/C16H26F3O.Y/c1-3-12-5-8-13(9-6-12)14-7-4-11(2)15(20,10-14)16(17,18)19;/h11-14,20H,1,3-10H2,2H3;/q-1;/t11-,12?,13?,14-,15?;/m1./s1. The first-order valence-electron chi connectivity index (χ1n) is 7.86. The van der Waals surface area contributed by atoms with Gasteiger partial charge in [-0.3, -0.25) is 0 Å². The maximum atomic E-state index is 13.2. The molecule has 0 aliphatic heterocycles. The number of aliphatic hydroxyl groups is 1. The normalized spacial score (nSPS) is 41.4. The van der Waals surface area contributed by atoms with E-state index in [0.717, 1.165) is 38.5 Å². The summed E-state index contributed by atoms with van der Waals surface area (Å²) in [4.78, 5) is 0. The van der Waals surface area contributed by atoms with Gasteiger partial charge in [0.2, 0.25) is 0 Å². The van der Waals surface area contributed by atoms with E-state index in [2.05, 4.69) is 6.92 Å². The molecule has 0 aromatic rings. The molecule has 3 atom stereocenters. The first kappa shape index (κ1) is 19.9. The SMILES string of the molecule is [CH2-]CC1CCC([C@@H]2CC[C@@H](C)C(O)(C(F)(F)F)C2)CC1.[Y]. The summed E-state index contributed by atoms with van der Waals surface area (Å²) in [5, 5.41) is 10.1. The molecule has 2 fully saturated rings. The zero-order chi connectivity index (χ0) is 15.0. The van der Waals surface area contributed by atoms with Crippen molar-refractivity contribution < 1.29 is 51.0 Å². The van der Waals surface area contributed by atoms with Crippen LogP contribution in [0.15, 0.2) is 0 Å². The third-order valence-electron chi connectivity index (χ3n) is 5.82. The smallest absolute Gasteiger partial charge is 0.380 e. The molecule has 2 aliphatic rings. The van der Waals surface area contributed by atoms with Crippen molar-refractivity contribution in [2.24, 2.45) is 23.7 Å². The van der Waals surface area contributed by atoms with Crippen LogP contribution in [0.25, 0.3) is 0 Å². The third-order valence-corrected chi connectivity index (χ3v) is 5.82. The Labute approximate surface area is 151 Å². The summed E-state index contributed by atoms with van der Waals surface area (Å²) in [5.74, 6) is 0.355. The van der Waals surface area contributed by atoms with E-state index in [1.165, 1.54) is 6.92 Å². The fraction of sp³-hybridized carbons (Fsp3) is 0.938. The quantitative estimate of drug-likeness (QED) is 0.686. The van der Waals surface area contributed by atoms with E-state index in [1.54, 1.807) is 0 Å². The fourth-order valence-corrected chi connectivity index (χ4v) is 4.15. The van der Waals surface area contributed by atoms with Crippen LogP contribution in [-0.2, 0) is 32.7 Å². The number of hydrogen-bond donors (Lipinski definition) is 1. The molecule has 5 heteroatoms. The minimum atomic E-state index is -4.50. The predicted molar refractivity (Wildman–Crippen MR) is 72.9 cm³/mol. The molecule has 2 aliphatic carbocycles. The van der Waals surface area contributed by atoms with Crippen molar-refractivity contribution in [3.63, 3.8) is 0 Å². The number of alkyl halides is 3. The van der Waals surface area contributed by atoms with Gasteiger partial charge in [-0.25, -0.2) is 0 Å². The predicted octanol–water partition coefficient (Wildman–Crippen LogP) is 4.74. The van der Waals surface area contributed by atoms with E-state index in [1.807, 2.05) is 0 Å².